The van der Waals surface area contributed by atoms with E-state index in [9.17, 15) is 14.4 Å². The summed E-state index contributed by atoms with van der Waals surface area (Å²) in [6.07, 6.45) is 5.28. The van der Waals surface area contributed by atoms with Crippen molar-refractivity contribution >= 4 is 41.3 Å². The van der Waals surface area contributed by atoms with Crippen molar-refractivity contribution in [2.75, 3.05) is 33.2 Å². The zero-order chi connectivity index (χ0) is 36.2. The fourth-order valence-corrected chi connectivity index (χ4v) is 6.02. The van der Waals surface area contributed by atoms with Crippen molar-refractivity contribution in [1.82, 2.24) is 30.4 Å². The molecule has 10 heteroatoms. The van der Waals surface area contributed by atoms with Crippen molar-refractivity contribution in [3.05, 3.63) is 120 Å². The van der Waals surface area contributed by atoms with Crippen molar-refractivity contribution in [1.29, 1.82) is 0 Å². The number of Topliss-reactive ketones (excluding diaryl/α,β-unsaturated/α-hetero) is 1. The number of benzene rings is 4. The second-order valence-corrected chi connectivity index (χ2v) is 12.6. The van der Waals surface area contributed by atoms with E-state index in [0.29, 0.717) is 17.8 Å². The first-order valence-electron chi connectivity index (χ1n) is 17.1. The molecule has 0 spiro atoms. The second-order valence-electron chi connectivity index (χ2n) is 12.6. The highest BCUT2D eigenvalue weighted by molar-refractivity contribution is 5.91. The number of rotatable bonds is 18. The topological polar surface area (TPSA) is 123 Å². The summed E-state index contributed by atoms with van der Waals surface area (Å²) in [5.41, 5.74) is 6.35. The Morgan fingerprint density at radius 3 is 2.29 bits per heavy atom. The number of aromatic nitrogens is 2. The molecule has 0 fully saturated rings. The summed E-state index contributed by atoms with van der Waals surface area (Å²) >= 11 is 0. The number of fused-ring (bicyclic) bond motifs is 1. The van der Waals surface area contributed by atoms with Crippen LogP contribution in [0.3, 0.4) is 0 Å². The van der Waals surface area contributed by atoms with Crippen LogP contribution in [0.2, 0.25) is 0 Å². The molecule has 1 heterocycles. The third-order valence-electron chi connectivity index (χ3n) is 8.63. The third kappa shape index (κ3) is 9.64. The SMILES string of the molecule is C=N/C(=C\NCCN(C)CCC)c1ccc(-c2ccc3cc(-c4cnc(CN(CC(C)=O)C(=O)C(NC=O)c5ccccc5)[nH]4)ccc3c2)cc1. The number of H-pyrrole nitrogens is 1. The molecule has 10 nitrogen and oxygen atoms in total. The van der Waals surface area contributed by atoms with Gasteiger partial charge in [0.15, 0.2) is 0 Å². The lowest BCUT2D eigenvalue weighted by Gasteiger charge is -2.26. The summed E-state index contributed by atoms with van der Waals surface area (Å²) in [7, 11) is 2.13. The van der Waals surface area contributed by atoms with Crippen molar-refractivity contribution in [3.63, 3.8) is 0 Å². The molecule has 1 aromatic heterocycles. The Bertz CT molecular complexity index is 1990. The Balaban J connectivity index is 1.28. The van der Waals surface area contributed by atoms with Gasteiger partial charge in [0.2, 0.25) is 6.41 Å². The maximum atomic E-state index is 13.6. The highest BCUT2D eigenvalue weighted by atomic mass is 16.2. The van der Waals surface area contributed by atoms with Crippen LogP contribution < -0.4 is 10.6 Å². The van der Waals surface area contributed by atoms with Crippen LogP contribution >= 0.6 is 0 Å². The Morgan fingerprint density at radius 1 is 0.941 bits per heavy atom. The monoisotopic (exact) mass is 683 g/mol. The molecule has 2 amide bonds. The van der Waals surface area contributed by atoms with Crippen molar-refractivity contribution < 1.29 is 14.4 Å². The summed E-state index contributed by atoms with van der Waals surface area (Å²) in [6.45, 7) is 10.2. The summed E-state index contributed by atoms with van der Waals surface area (Å²) in [5, 5.41) is 8.12. The predicted molar refractivity (Wildman–Crippen MR) is 205 cm³/mol. The first kappa shape index (κ1) is 36.4. The molecule has 1 atom stereocenters. The number of likely N-dealkylation sites (N-methyl/N-ethyl adjacent to an activating group) is 1. The van der Waals surface area contributed by atoms with Crippen LogP contribution in [0.4, 0.5) is 0 Å². The first-order chi connectivity index (χ1) is 24.8. The highest BCUT2D eigenvalue weighted by Crippen LogP contribution is 2.29. The van der Waals surface area contributed by atoms with Crippen LogP contribution in [-0.2, 0) is 20.9 Å². The molecule has 5 aromatic rings. The molecule has 0 aliphatic rings. The summed E-state index contributed by atoms with van der Waals surface area (Å²) in [6, 6.07) is 28.9. The van der Waals surface area contributed by atoms with Crippen molar-refractivity contribution in [2.24, 2.45) is 4.99 Å². The number of hydrogen-bond donors (Lipinski definition) is 3. The fourth-order valence-electron chi connectivity index (χ4n) is 6.02. The number of amides is 2. The van der Waals surface area contributed by atoms with E-state index in [1.165, 1.54) is 11.8 Å². The number of aromatic amines is 1. The first-order valence-corrected chi connectivity index (χ1v) is 17.1. The Morgan fingerprint density at radius 2 is 1.63 bits per heavy atom. The fraction of sp³-hybridized carbons (Fsp3) is 0.244. The average molecular weight is 684 g/mol. The molecule has 0 saturated heterocycles. The number of aliphatic imine (C=N–C) groups is 1. The summed E-state index contributed by atoms with van der Waals surface area (Å²) < 4.78 is 0. The van der Waals surface area contributed by atoms with E-state index in [1.54, 1.807) is 30.5 Å². The standard InChI is InChI=1S/C41H45N7O3/c1-5-20-47(4)21-19-43-24-37(42-3)31-13-11-30(12-14-31)33-15-16-35-23-36(18-17-34(35)22-33)38-25-44-39(46-38)27-48(26-29(2)50)41(51)40(45-28-49)32-9-7-6-8-10-32/h6-18,22-25,28,40,43H,3,5,19-21,26-27H2,1-2,4H3,(H,44,46)(H,45,49)/b37-24-. The molecule has 1 unspecified atom stereocenters. The van der Waals surface area contributed by atoms with Gasteiger partial charge in [-0.05, 0) is 73.3 Å². The molecular formula is C41H45N7O3. The lowest BCUT2D eigenvalue weighted by Crippen LogP contribution is -2.42. The predicted octanol–water partition coefficient (Wildman–Crippen LogP) is 6.23. The van der Waals surface area contributed by atoms with Gasteiger partial charge in [0.05, 0.1) is 30.7 Å². The van der Waals surface area contributed by atoms with Gasteiger partial charge in [-0.25, -0.2) is 4.98 Å². The minimum atomic E-state index is -0.922. The zero-order valence-corrected chi connectivity index (χ0v) is 29.4. The van der Waals surface area contributed by atoms with E-state index in [-0.39, 0.29) is 18.9 Å². The van der Waals surface area contributed by atoms with Crippen LogP contribution in [-0.4, -0.2) is 77.8 Å². The normalized spacial score (nSPS) is 12.0. The van der Waals surface area contributed by atoms with Gasteiger partial charge in [-0.1, -0.05) is 85.8 Å². The lowest BCUT2D eigenvalue weighted by atomic mass is 9.98. The summed E-state index contributed by atoms with van der Waals surface area (Å²) in [5.74, 6) is -0.0518. The van der Waals surface area contributed by atoms with E-state index in [4.69, 9.17) is 0 Å². The van der Waals surface area contributed by atoms with E-state index in [1.807, 2.05) is 18.3 Å². The molecule has 3 N–H and O–H groups in total. The van der Waals surface area contributed by atoms with Crippen LogP contribution in [0, 0.1) is 0 Å². The average Bonchev–Trinajstić information content (AvgIpc) is 3.62. The number of carbonyl (C=O) groups is 3. The van der Waals surface area contributed by atoms with Gasteiger partial charge in [-0.2, -0.15) is 0 Å². The van der Waals surface area contributed by atoms with E-state index < -0.39 is 11.9 Å². The molecule has 0 bridgehead atoms. The number of nitrogens with one attached hydrogen (secondary N) is 3. The smallest absolute Gasteiger partial charge is 0.250 e. The quantitative estimate of drug-likeness (QED) is 0.0572. The van der Waals surface area contributed by atoms with E-state index in [2.05, 4.69) is 106 Å². The van der Waals surface area contributed by atoms with Crippen molar-refractivity contribution in [3.8, 4) is 22.4 Å². The van der Waals surface area contributed by atoms with Crippen LogP contribution in [0.15, 0.2) is 108 Å². The molecule has 0 aliphatic carbocycles. The number of nitrogens with zero attached hydrogens (tertiary/aromatic N) is 4. The minimum absolute atomic E-state index is 0.0747. The van der Waals surface area contributed by atoms with Gasteiger partial charge in [0.1, 0.15) is 17.6 Å². The summed E-state index contributed by atoms with van der Waals surface area (Å²) in [4.78, 5) is 52.9. The number of imidazole rings is 1. The van der Waals surface area contributed by atoms with Gasteiger partial charge in [-0.15, -0.1) is 0 Å². The molecule has 0 radical (unpaired) electrons. The Kier molecular flexibility index (Phi) is 12.6. The highest BCUT2D eigenvalue weighted by Gasteiger charge is 2.27. The molecule has 5 rings (SSSR count). The number of hydrogen-bond acceptors (Lipinski definition) is 7. The largest absolute Gasteiger partial charge is 0.388 e. The van der Waals surface area contributed by atoms with Gasteiger partial charge in [0, 0.05) is 30.4 Å². The van der Waals surface area contributed by atoms with Crippen LogP contribution in [0.25, 0.3) is 38.9 Å². The molecule has 51 heavy (non-hydrogen) atoms. The van der Waals surface area contributed by atoms with Crippen LogP contribution in [0.1, 0.15) is 43.3 Å². The van der Waals surface area contributed by atoms with Crippen LogP contribution in [0.5, 0.6) is 0 Å². The van der Waals surface area contributed by atoms with Gasteiger partial charge in [-0.3, -0.25) is 19.4 Å². The number of carbonyl (C=O) groups excluding carboxylic acids is 3. The molecular weight excluding hydrogens is 638 g/mol. The van der Waals surface area contributed by atoms with Crippen molar-refractivity contribution in [2.45, 2.75) is 32.9 Å². The molecule has 4 aromatic carbocycles. The van der Waals surface area contributed by atoms with E-state index in [0.717, 1.165) is 70.5 Å². The zero-order valence-electron chi connectivity index (χ0n) is 29.4. The third-order valence-corrected chi connectivity index (χ3v) is 8.63. The minimum Gasteiger partial charge on any atom is -0.388 e. The maximum absolute atomic E-state index is 13.6. The lowest BCUT2D eigenvalue weighted by molar-refractivity contribution is -0.138. The maximum Gasteiger partial charge on any atom is 0.250 e. The Labute approximate surface area is 299 Å². The molecule has 262 valence electrons. The van der Waals surface area contributed by atoms with Gasteiger partial charge < -0.3 is 25.4 Å². The van der Waals surface area contributed by atoms with Gasteiger partial charge >= 0.3 is 0 Å². The second kappa shape index (κ2) is 17.7. The molecule has 0 saturated carbocycles. The molecule has 0 aliphatic heterocycles. The Hall–Kier alpha value is -5.87. The van der Waals surface area contributed by atoms with E-state index >= 15 is 0 Å². The van der Waals surface area contributed by atoms with Gasteiger partial charge in [0.25, 0.3) is 5.91 Å². The number of ketones is 1.